The molecule has 0 aliphatic carbocycles. The van der Waals surface area contributed by atoms with E-state index in [4.69, 9.17) is 9.47 Å². The molecular formula is C22H25F3N2O8S. The molecule has 1 aliphatic heterocycles. The van der Waals surface area contributed by atoms with Crippen LogP contribution >= 0.6 is 0 Å². The lowest BCUT2D eigenvalue weighted by Crippen LogP contribution is -2.65. The first-order valence-corrected chi connectivity index (χ1v) is 12.4. The maximum absolute atomic E-state index is 14.0. The highest BCUT2D eigenvalue weighted by Gasteiger charge is 2.46. The van der Waals surface area contributed by atoms with Crippen LogP contribution in [0.4, 0.5) is 18.9 Å². The molecule has 2 aromatic rings. The number of nitrogens with one attached hydrogen (secondary N) is 2. The fraction of sp³-hybridized carbons (Fsp3) is 0.409. The van der Waals surface area contributed by atoms with Crippen molar-refractivity contribution < 1.29 is 51.2 Å². The highest BCUT2D eigenvalue weighted by atomic mass is 32.2. The second kappa shape index (κ2) is 10.6. The lowest BCUT2D eigenvalue weighted by Gasteiger charge is -2.42. The van der Waals surface area contributed by atoms with E-state index in [1.54, 1.807) is 0 Å². The molecule has 5 N–H and O–H groups in total. The minimum atomic E-state index is -4.84. The van der Waals surface area contributed by atoms with E-state index in [9.17, 15) is 41.7 Å². The molecule has 14 heteroatoms. The maximum Gasteiger partial charge on any atom is 0.417 e. The van der Waals surface area contributed by atoms with Gasteiger partial charge in [0.1, 0.15) is 30.1 Å². The third-order valence-electron chi connectivity index (χ3n) is 5.28. The van der Waals surface area contributed by atoms with Crippen molar-refractivity contribution in [2.24, 2.45) is 0 Å². The van der Waals surface area contributed by atoms with E-state index in [0.29, 0.717) is 0 Å². The summed E-state index contributed by atoms with van der Waals surface area (Å²) in [5.41, 5.74) is -1.63. The minimum absolute atomic E-state index is 0.00172. The van der Waals surface area contributed by atoms with Gasteiger partial charge in [-0.2, -0.15) is 13.2 Å². The molecule has 5 atom stereocenters. The molecule has 198 valence electrons. The summed E-state index contributed by atoms with van der Waals surface area (Å²) in [6.07, 6.45) is -10.2. The Morgan fingerprint density at radius 1 is 1.14 bits per heavy atom. The standard InChI is InChI=1S/C22H25F3N2O8S/c1-11(29)26-18-20(31)19(30)16(10-28)35-21(18)34-15-8-4-7-14(22(23,24)25)17(15)12-5-3-6-13(9-12)27-36(2,32)33/h3-9,16,18-21,27-28,30-31H,10H2,1-2H3,(H,26,29)/t16?,18-,19-,20+,21+/m0/s1. The van der Waals surface area contributed by atoms with E-state index in [1.807, 2.05) is 0 Å². The number of benzene rings is 2. The molecule has 36 heavy (non-hydrogen) atoms. The fourth-order valence-electron chi connectivity index (χ4n) is 3.81. The summed E-state index contributed by atoms with van der Waals surface area (Å²) in [5, 5.41) is 32.5. The molecule has 1 unspecified atom stereocenters. The number of aliphatic hydroxyl groups excluding tert-OH is 3. The molecule has 0 radical (unpaired) electrons. The molecule has 1 heterocycles. The van der Waals surface area contributed by atoms with Crippen LogP contribution in [-0.4, -0.2) is 73.2 Å². The molecule has 10 nitrogen and oxygen atoms in total. The van der Waals surface area contributed by atoms with E-state index in [0.717, 1.165) is 25.3 Å². The average molecular weight is 535 g/mol. The summed E-state index contributed by atoms with van der Waals surface area (Å²) in [6.45, 7) is 0.365. The number of amides is 1. The Labute approximate surface area is 204 Å². The number of carbonyl (C=O) groups excluding carboxylic acids is 1. The Morgan fingerprint density at radius 2 is 1.81 bits per heavy atom. The van der Waals surface area contributed by atoms with E-state index < -0.39 is 70.5 Å². The van der Waals surface area contributed by atoms with E-state index in [1.165, 1.54) is 30.3 Å². The smallest absolute Gasteiger partial charge is 0.417 e. The number of carbonyl (C=O) groups is 1. The van der Waals surface area contributed by atoms with Gasteiger partial charge in [0, 0.05) is 18.2 Å². The van der Waals surface area contributed by atoms with Gasteiger partial charge in [-0.15, -0.1) is 0 Å². The van der Waals surface area contributed by atoms with E-state index in [-0.39, 0.29) is 17.0 Å². The fourth-order valence-corrected chi connectivity index (χ4v) is 4.37. The van der Waals surface area contributed by atoms with Gasteiger partial charge in [0.2, 0.25) is 22.2 Å². The first-order chi connectivity index (χ1) is 16.7. The lowest BCUT2D eigenvalue weighted by atomic mass is 9.96. The molecule has 3 rings (SSSR count). The summed E-state index contributed by atoms with van der Waals surface area (Å²) in [7, 11) is -3.73. The van der Waals surface area contributed by atoms with Crippen molar-refractivity contribution in [2.45, 2.75) is 43.7 Å². The molecule has 0 aromatic heterocycles. The molecule has 1 aliphatic rings. The molecule has 0 bridgehead atoms. The number of hydrogen-bond donors (Lipinski definition) is 5. The predicted octanol–water partition coefficient (Wildman–Crippen LogP) is 1.07. The van der Waals surface area contributed by atoms with Crippen LogP contribution in [0.25, 0.3) is 11.1 Å². The second-order valence-corrected chi connectivity index (χ2v) is 9.93. The normalized spacial score (nSPS) is 24.7. The zero-order chi connectivity index (χ0) is 26.8. The summed E-state index contributed by atoms with van der Waals surface area (Å²) >= 11 is 0. The van der Waals surface area contributed by atoms with Gasteiger partial charge in [-0.05, 0) is 29.8 Å². The average Bonchev–Trinajstić information content (AvgIpc) is 2.76. The largest absolute Gasteiger partial charge is 0.462 e. The number of anilines is 1. The highest BCUT2D eigenvalue weighted by molar-refractivity contribution is 7.92. The SMILES string of the molecule is CC(=O)N[C@@H]1[C@H](Oc2cccc(C(F)(F)F)c2-c2cccc(NS(C)(=O)=O)c2)OC(CO)[C@H](O)[C@@H]1O. The number of alkyl halides is 3. The van der Waals surface area contributed by atoms with Crippen LogP contribution in [0.1, 0.15) is 12.5 Å². The zero-order valence-electron chi connectivity index (χ0n) is 19.1. The van der Waals surface area contributed by atoms with Gasteiger partial charge in [0.25, 0.3) is 0 Å². The van der Waals surface area contributed by atoms with Crippen molar-refractivity contribution in [3.05, 3.63) is 48.0 Å². The zero-order valence-corrected chi connectivity index (χ0v) is 19.9. The van der Waals surface area contributed by atoms with Gasteiger partial charge in [0.05, 0.1) is 18.4 Å². The van der Waals surface area contributed by atoms with Crippen LogP contribution < -0.4 is 14.8 Å². The molecule has 1 amide bonds. The van der Waals surface area contributed by atoms with Gasteiger partial charge >= 0.3 is 6.18 Å². The van der Waals surface area contributed by atoms with Gasteiger partial charge in [-0.3, -0.25) is 9.52 Å². The number of sulfonamides is 1. The first kappa shape index (κ1) is 27.7. The van der Waals surface area contributed by atoms with Crippen LogP contribution in [0.15, 0.2) is 42.5 Å². The molecule has 1 fully saturated rings. The van der Waals surface area contributed by atoms with Gasteiger partial charge < -0.3 is 30.1 Å². The van der Waals surface area contributed by atoms with E-state index in [2.05, 4.69) is 10.0 Å². The Morgan fingerprint density at radius 3 is 2.39 bits per heavy atom. The quantitative estimate of drug-likeness (QED) is 0.354. The van der Waals surface area contributed by atoms with Gasteiger partial charge in [-0.1, -0.05) is 18.2 Å². The van der Waals surface area contributed by atoms with Crippen LogP contribution in [0, 0.1) is 0 Å². The number of rotatable bonds is 7. The minimum Gasteiger partial charge on any atom is -0.462 e. The second-order valence-electron chi connectivity index (χ2n) is 8.18. The van der Waals surface area contributed by atoms with Gasteiger partial charge in [0.15, 0.2) is 0 Å². The Hall–Kier alpha value is -2.91. The third-order valence-corrected chi connectivity index (χ3v) is 5.89. The molecule has 0 saturated carbocycles. The first-order valence-electron chi connectivity index (χ1n) is 10.6. The summed E-state index contributed by atoms with van der Waals surface area (Å²) in [4.78, 5) is 11.7. The van der Waals surface area contributed by atoms with Crippen LogP contribution in [-0.2, 0) is 25.7 Å². The molecule has 1 saturated heterocycles. The predicted molar refractivity (Wildman–Crippen MR) is 121 cm³/mol. The number of aliphatic hydroxyl groups is 3. The summed E-state index contributed by atoms with van der Waals surface area (Å²) < 4.78 is 78.6. The van der Waals surface area contributed by atoms with Gasteiger partial charge in [-0.25, -0.2) is 8.42 Å². The lowest BCUT2D eigenvalue weighted by molar-refractivity contribution is -0.244. The van der Waals surface area contributed by atoms with Crippen molar-refractivity contribution in [1.82, 2.24) is 5.32 Å². The third kappa shape index (κ3) is 6.44. The molecule has 0 spiro atoms. The summed E-state index contributed by atoms with van der Waals surface area (Å²) in [6, 6.07) is 6.86. The monoisotopic (exact) mass is 534 g/mol. The van der Waals surface area contributed by atoms with Crippen molar-refractivity contribution in [1.29, 1.82) is 0 Å². The number of hydrogen-bond acceptors (Lipinski definition) is 8. The Kier molecular flexibility index (Phi) is 8.15. The Balaban J connectivity index is 2.12. The van der Waals surface area contributed by atoms with Crippen molar-refractivity contribution in [2.75, 3.05) is 17.6 Å². The Bertz CT molecular complexity index is 1210. The molecular weight excluding hydrogens is 509 g/mol. The van der Waals surface area contributed by atoms with Crippen LogP contribution in [0.5, 0.6) is 5.75 Å². The van der Waals surface area contributed by atoms with Crippen molar-refractivity contribution in [3.8, 4) is 16.9 Å². The number of ether oxygens (including phenoxy) is 2. The van der Waals surface area contributed by atoms with Crippen LogP contribution in [0.3, 0.4) is 0 Å². The topological polar surface area (TPSA) is 154 Å². The van der Waals surface area contributed by atoms with Crippen molar-refractivity contribution in [3.63, 3.8) is 0 Å². The van der Waals surface area contributed by atoms with Crippen molar-refractivity contribution >= 4 is 21.6 Å². The summed E-state index contributed by atoms with van der Waals surface area (Å²) in [5.74, 6) is -1.02. The number of halogens is 3. The molecule has 2 aromatic carbocycles. The highest BCUT2D eigenvalue weighted by Crippen LogP contribution is 2.43. The van der Waals surface area contributed by atoms with E-state index >= 15 is 0 Å². The van der Waals surface area contributed by atoms with Crippen LogP contribution in [0.2, 0.25) is 0 Å². The maximum atomic E-state index is 14.0.